The lowest BCUT2D eigenvalue weighted by Crippen LogP contribution is -2.25. The van der Waals surface area contributed by atoms with E-state index in [0.717, 1.165) is 22.4 Å². The van der Waals surface area contributed by atoms with Gasteiger partial charge in [-0.2, -0.15) is 12.6 Å². The Hall–Kier alpha value is -1.62. The maximum absolute atomic E-state index is 11.8. The molecule has 0 fully saturated rings. The second-order valence-corrected chi connectivity index (χ2v) is 4.52. The molecular weight excluding hydrogens is 246 g/mol. The Morgan fingerprint density at radius 1 is 1.22 bits per heavy atom. The second-order valence-electron chi connectivity index (χ2n) is 4.08. The Morgan fingerprint density at radius 2 is 1.89 bits per heavy atom. The quantitative estimate of drug-likeness (QED) is 0.830. The van der Waals surface area contributed by atoms with Gasteiger partial charge in [0.15, 0.2) is 0 Å². The van der Waals surface area contributed by atoms with Gasteiger partial charge in [0.2, 0.25) is 0 Å². The van der Waals surface area contributed by atoms with Crippen LogP contribution in [0.1, 0.15) is 21.7 Å². The summed E-state index contributed by atoms with van der Waals surface area (Å²) in [4.78, 5) is 20.7. The number of thiol groups is 1. The number of carbonyl (C=O) groups is 1. The van der Waals surface area contributed by atoms with Crippen molar-refractivity contribution in [3.05, 3.63) is 35.2 Å². The van der Waals surface area contributed by atoms with Crippen molar-refractivity contribution in [2.24, 2.45) is 0 Å². The molecule has 1 heterocycles. The Bertz CT molecular complexity index is 598. The first kappa shape index (κ1) is 12.8. The van der Waals surface area contributed by atoms with Crippen molar-refractivity contribution in [1.29, 1.82) is 0 Å². The zero-order valence-corrected chi connectivity index (χ0v) is 11.3. The smallest absolute Gasteiger partial charge is 0.251 e. The molecule has 94 valence electrons. The Kier molecular flexibility index (Phi) is 3.81. The highest BCUT2D eigenvalue weighted by Crippen LogP contribution is 2.14. The van der Waals surface area contributed by atoms with Crippen LogP contribution in [0.15, 0.2) is 18.2 Å². The number of hydrogen-bond acceptors (Lipinski definition) is 4. The summed E-state index contributed by atoms with van der Waals surface area (Å²) in [6.07, 6.45) is 0. The van der Waals surface area contributed by atoms with Crippen molar-refractivity contribution in [2.45, 2.75) is 13.8 Å². The first-order chi connectivity index (χ1) is 8.61. The van der Waals surface area contributed by atoms with Crippen molar-refractivity contribution in [3.63, 3.8) is 0 Å². The van der Waals surface area contributed by atoms with Crippen LogP contribution in [0.25, 0.3) is 11.0 Å². The molecule has 1 amide bonds. The fourth-order valence-corrected chi connectivity index (χ4v) is 1.76. The average Bonchev–Trinajstić information content (AvgIpc) is 2.36. The van der Waals surface area contributed by atoms with E-state index < -0.39 is 0 Å². The molecule has 18 heavy (non-hydrogen) atoms. The molecule has 0 aliphatic rings. The molecule has 0 unspecified atom stereocenters. The highest BCUT2D eigenvalue weighted by atomic mass is 32.1. The number of aromatic nitrogens is 2. The van der Waals surface area contributed by atoms with E-state index in [9.17, 15) is 4.79 Å². The zero-order chi connectivity index (χ0) is 13.1. The highest BCUT2D eigenvalue weighted by molar-refractivity contribution is 7.80. The predicted octanol–water partition coefficient (Wildman–Crippen LogP) is 1.91. The number of nitrogens with one attached hydrogen (secondary N) is 1. The fraction of sp³-hybridized carbons (Fsp3) is 0.308. The van der Waals surface area contributed by atoms with Crippen molar-refractivity contribution < 1.29 is 4.79 Å². The van der Waals surface area contributed by atoms with E-state index in [1.165, 1.54) is 0 Å². The third-order valence-corrected chi connectivity index (χ3v) is 2.96. The number of amides is 1. The van der Waals surface area contributed by atoms with Crippen LogP contribution in [0.3, 0.4) is 0 Å². The average molecular weight is 261 g/mol. The number of benzene rings is 1. The van der Waals surface area contributed by atoms with Crippen LogP contribution in [-0.2, 0) is 0 Å². The zero-order valence-electron chi connectivity index (χ0n) is 10.4. The van der Waals surface area contributed by atoms with Crippen LogP contribution in [0, 0.1) is 13.8 Å². The Morgan fingerprint density at radius 3 is 2.56 bits per heavy atom. The molecule has 0 atom stereocenters. The van der Waals surface area contributed by atoms with Crippen LogP contribution in [0.5, 0.6) is 0 Å². The van der Waals surface area contributed by atoms with Gasteiger partial charge in [0, 0.05) is 17.9 Å². The van der Waals surface area contributed by atoms with Crippen molar-refractivity contribution in [1.82, 2.24) is 15.3 Å². The molecule has 4 nitrogen and oxygen atoms in total. The number of aryl methyl sites for hydroxylation is 2. The molecular formula is C13H15N3OS. The molecule has 1 aromatic carbocycles. The van der Waals surface area contributed by atoms with E-state index >= 15 is 0 Å². The largest absolute Gasteiger partial charge is 0.351 e. The molecule has 0 aliphatic heterocycles. The SMILES string of the molecule is Cc1nc2ccc(C(=O)NCCS)cc2nc1C. The van der Waals surface area contributed by atoms with Crippen molar-refractivity contribution in [2.75, 3.05) is 12.3 Å². The van der Waals surface area contributed by atoms with Gasteiger partial charge >= 0.3 is 0 Å². The van der Waals surface area contributed by atoms with Gasteiger partial charge < -0.3 is 5.32 Å². The number of nitrogens with zero attached hydrogens (tertiary/aromatic N) is 2. The van der Waals surface area contributed by atoms with E-state index in [-0.39, 0.29) is 5.91 Å². The fourth-order valence-electron chi connectivity index (χ4n) is 1.64. The summed E-state index contributed by atoms with van der Waals surface area (Å²) in [6, 6.07) is 5.35. The summed E-state index contributed by atoms with van der Waals surface area (Å²) >= 11 is 4.05. The predicted molar refractivity (Wildman–Crippen MR) is 75.2 cm³/mol. The van der Waals surface area contributed by atoms with Gasteiger partial charge in [-0.1, -0.05) is 0 Å². The highest BCUT2D eigenvalue weighted by Gasteiger charge is 2.07. The van der Waals surface area contributed by atoms with Crippen molar-refractivity contribution in [3.8, 4) is 0 Å². The molecule has 1 aromatic heterocycles. The molecule has 0 radical (unpaired) electrons. The van der Waals surface area contributed by atoms with E-state index in [1.54, 1.807) is 12.1 Å². The molecule has 2 rings (SSSR count). The van der Waals surface area contributed by atoms with Gasteiger partial charge in [0.1, 0.15) is 0 Å². The third-order valence-electron chi connectivity index (χ3n) is 2.73. The van der Waals surface area contributed by atoms with Crippen LogP contribution < -0.4 is 5.32 Å². The van der Waals surface area contributed by atoms with Gasteiger partial charge in [-0.25, -0.2) is 9.97 Å². The lowest BCUT2D eigenvalue weighted by atomic mass is 10.1. The molecule has 0 aliphatic carbocycles. The minimum atomic E-state index is -0.106. The Labute approximate surface area is 111 Å². The van der Waals surface area contributed by atoms with Gasteiger partial charge in [-0.15, -0.1) is 0 Å². The molecule has 0 bridgehead atoms. The van der Waals surface area contributed by atoms with Gasteiger partial charge in [-0.05, 0) is 32.0 Å². The van der Waals surface area contributed by atoms with Crippen LogP contribution in [0.4, 0.5) is 0 Å². The van der Waals surface area contributed by atoms with Crippen LogP contribution in [0.2, 0.25) is 0 Å². The molecule has 0 spiro atoms. The van der Waals surface area contributed by atoms with E-state index in [1.807, 2.05) is 19.9 Å². The summed E-state index contributed by atoms with van der Waals surface area (Å²) in [5.74, 6) is 0.517. The Balaban J connectivity index is 2.38. The maximum atomic E-state index is 11.8. The first-order valence-corrected chi connectivity index (χ1v) is 6.39. The minimum absolute atomic E-state index is 0.106. The first-order valence-electron chi connectivity index (χ1n) is 5.76. The van der Waals surface area contributed by atoms with Gasteiger partial charge in [0.05, 0.1) is 22.4 Å². The summed E-state index contributed by atoms with van der Waals surface area (Å²) in [5, 5.41) is 2.78. The van der Waals surface area contributed by atoms with Gasteiger partial charge in [-0.3, -0.25) is 4.79 Å². The summed E-state index contributed by atoms with van der Waals surface area (Å²) < 4.78 is 0. The van der Waals surface area contributed by atoms with Gasteiger partial charge in [0.25, 0.3) is 5.91 Å². The molecule has 2 aromatic rings. The lowest BCUT2D eigenvalue weighted by Gasteiger charge is -2.06. The molecule has 0 saturated heterocycles. The van der Waals surface area contributed by atoms with Crippen LogP contribution >= 0.6 is 12.6 Å². The number of hydrogen-bond donors (Lipinski definition) is 2. The lowest BCUT2D eigenvalue weighted by molar-refractivity contribution is 0.0956. The third kappa shape index (κ3) is 2.61. The maximum Gasteiger partial charge on any atom is 0.251 e. The van der Waals surface area contributed by atoms with Crippen LogP contribution in [-0.4, -0.2) is 28.2 Å². The van der Waals surface area contributed by atoms with E-state index in [4.69, 9.17) is 0 Å². The number of fused-ring (bicyclic) bond motifs is 1. The minimum Gasteiger partial charge on any atom is -0.351 e. The van der Waals surface area contributed by atoms with E-state index in [0.29, 0.717) is 17.9 Å². The standard InChI is InChI=1S/C13H15N3OS/c1-8-9(2)16-12-7-10(3-4-11(12)15-8)13(17)14-5-6-18/h3-4,7,18H,5-6H2,1-2H3,(H,14,17). The number of carbonyl (C=O) groups excluding carboxylic acids is 1. The monoisotopic (exact) mass is 261 g/mol. The topological polar surface area (TPSA) is 54.9 Å². The molecule has 5 heteroatoms. The summed E-state index contributed by atoms with van der Waals surface area (Å²) in [7, 11) is 0. The van der Waals surface area contributed by atoms with Crippen molar-refractivity contribution >= 4 is 29.6 Å². The molecule has 0 saturated carbocycles. The molecule has 1 N–H and O–H groups in total. The summed E-state index contributed by atoms with van der Waals surface area (Å²) in [6.45, 7) is 4.39. The normalized spacial score (nSPS) is 10.6. The number of rotatable bonds is 3. The second kappa shape index (κ2) is 5.35. The van der Waals surface area contributed by atoms with E-state index in [2.05, 4.69) is 27.9 Å². The summed E-state index contributed by atoms with van der Waals surface area (Å²) in [5.41, 5.74) is 3.95.